The molecule has 3 rings (SSSR count). The van der Waals surface area contributed by atoms with Crippen LogP contribution < -0.4 is 0 Å². The molecular formula is C15H15N5O. The predicted molar refractivity (Wildman–Crippen MR) is 78.1 cm³/mol. The second-order valence-corrected chi connectivity index (χ2v) is 4.81. The molecule has 0 unspecified atom stereocenters. The highest BCUT2D eigenvalue weighted by Crippen LogP contribution is 2.21. The van der Waals surface area contributed by atoms with E-state index in [1.54, 1.807) is 9.36 Å². The Bertz CT molecular complexity index is 801. The topological polar surface area (TPSA) is 65.6 Å². The molecule has 0 bridgehead atoms. The van der Waals surface area contributed by atoms with Gasteiger partial charge < -0.3 is 0 Å². The predicted octanol–water partition coefficient (Wildman–Crippen LogP) is 2.19. The molecule has 0 spiro atoms. The molecule has 0 saturated heterocycles. The Morgan fingerprint density at radius 3 is 2.29 bits per heavy atom. The summed E-state index contributed by atoms with van der Waals surface area (Å²) in [6.07, 6.45) is 0.813. The number of hydrogen-bond acceptors (Lipinski definition) is 4. The Hall–Kier alpha value is -2.76. The molecule has 2 heterocycles. The largest absolute Gasteiger partial charge is 0.298 e. The van der Waals surface area contributed by atoms with Crippen LogP contribution in [0.3, 0.4) is 0 Å². The molecule has 0 atom stereocenters. The van der Waals surface area contributed by atoms with Gasteiger partial charge in [-0.15, -0.1) is 5.10 Å². The van der Waals surface area contributed by atoms with Crippen molar-refractivity contribution < 1.29 is 4.79 Å². The third-order valence-corrected chi connectivity index (χ3v) is 3.28. The zero-order chi connectivity index (χ0) is 15.0. The highest BCUT2D eigenvalue weighted by Gasteiger charge is 2.20. The van der Waals surface area contributed by atoms with E-state index < -0.39 is 0 Å². The summed E-state index contributed by atoms with van der Waals surface area (Å²) in [4.78, 5) is 15.8. The number of nitrogens with zero attached hydrogens (tertiary/aromatic N) is 5. The molecule has 0 aliphatic carbocycles. The standard InChI is InChI=1S/C15H15N5O/c1-10-14(9-21)15(19-12(3)16-11(2)18-19)20(17-10)13-7-5-4-6-8-13/h4-9H,1-3H3. The molecular weight excluding hydrogens is 266 g/mol. The van der Waals surface area contributed by atoms with Crippen molar-refractivity contribution in [1.82, 2.24) is 24.5 Å². The maximum absolute atomic E-state index is 11.5. The lowest BCUT2D eigenvalue weighted by Crippen LogP contribution is -2.10. The fraction of sp³-hybridized carbons (Fsp3) is 0.200. The second kappa shape index (κ2) is 4.97. The van der Waals surface area contributed by atoms with Crippen molar-refractivity contribution in [3.05, 3.63) is 53.2 Å². The molecule has 0 aliphatic heterocycles. The minimum atomic E-state index is 0.520. The van der Waals surface area contributed by atoms with E-state index in [-0.39, 0.29) is 0 Å². The lowest BCUT2D eigenvalue weighted by molar-refractivity contribution is 0.112. The molecule has 6 nitrogen and oxygen atoms in total. The van der Waals surface area contributed by atoms with Crippen molar-refractivity contribution >= 4 is 6.29 Å². The van der Waals surface area contributed by atoms with E-state index in [1.807, 2.05) is 51.1 Å². The number of aryl methyl sites for hydroxylation is 3. The van der Waals surface area contributed by atoms with Gasteiger partial charge in [-0.2, -0.15) is 9.78 Å². The van der Waals surface area contributed by atoms with Gasteiger partial charge in [0.05, 0.1) is 16.9 Å². The highest BCUT2D eigenvalue weighted by atomic mass is 16.1. The lowest BCUT2D eigenvalue weighted by atomic mass is 10.2. The van der Waals surface area contributed by atoms with E-state index in [1.165, 1.54) is 0 Å². The summed E-state index contributed by atoms with van der Waals surface area (Å²) in [6.45, 7) is 5.48. The lowest BCUT2D eigenvalue weighted by Gasteiger charge is -2.08. The summed E-state index contributed by atoms with van der Waals surface area (Å²) in [5.74, 6) is 1.99. The molecule has 0 aliphatic rings. The van der Waals surface area contributed by atoms with Crippen LogP contribution in [0.1, 0.15) is 27.7 Å². The van der Waals surface area contributed by atoms with Gasteiger partial charge in [-0.1, -0.05) is 18.2 Å². The third-order valence-electron chi connectivity index (χ3n) is 3.28. The minimum absolute atomic E-state index is 0.520. The Morgan fingerprint density at radius 2 is 1.71 bits per heavy atom. The summed E-state index contributed by atoms with van der Waals surface area (Å²) in [7, 11) is 0. The van der Waals surface area contributed by atoms with E-state index in [9.17, 15) is 4.79 Å². The van der Waals surface area contributed by atoms with Crippen molar-refractivity contribution in [2.45, 2.75) is 20.8 Å². The van der Waals surface area contributed by atoms with Gasteiger partial charge in [-0.3, -0.25) is 4.79 Å². The fourth-order valence-corrected chi connectivity index (χ4v) is 2.34. The number of aldehydes is 1. The van der Waals surface area contributed by atoms with Gasteiger partial charge in [0.2, 0.25) is 0 Å². The smallest absolute Gasteiger partial charge is 0.170 e. The van der Waals surface area contributed by atoms with E-state index in [4.69, 9.17) is 0 Å². The quantitative estimate of drug-likeness (QED) is 0.690. The van der Waals surface area contributed by atoms with Crippen LogP contribution in [0.15, 0.2) is 30.3 Å². The number of aromatic nitrogens is 5. The van der Waals surface area contributed by atoms with Crippen LogP contribution in [-0.4, -0.2) is 30.8 Å². The molecule has 0 radical (unpaired) electrons. The Kier molecular flexibility index (Phi) is 3.13. The molecule has 0 fully saturated rings. The first-order chi connectivity index (χ1) is 10.1. The third kappa shape index (κ3) is 2.14. The SMILES string of the molecule is Cc1nc(C)n(-c2c(C=O)c(C)nn2-c2ccccc2)n1. The van der Waals surface area contributed by atoms with E-state index in [0.717, 1.165) is 12.0 Å². The van der Waals surface area contributed by atoms with Crippen molar-refractivity contribution in [1.29, 1.82) is 0 Å². The average Bonchev–Trinajstić information content (AvgIpc) is 2.98. The molecule has 3 aromatic rings. The van der Waals surface area contributed by atoms with Crippen LogP contribution in [0.5, 0.6) is 0 Å². The first-order valence-electron chi connectivity index (χ1n) is 6.62. The number of para-hydroxylation sites is 1. The molecule has 0 amide bonds. The number of benzene rings is 1. The van der Waals surface area contributed by atoms with Crippen molar-refractivity contribution in [2.75, 3.05) is 0 Å². The maximum Gasteiger partial charge on any atom is 0.170 e. The minimum Gasteiger partial charge on any atom is -0.298 e. The molecule has 0 N–H and O–H groups in total. The molecule has 2 aromatic heterocycles. The Labute approximate surface area is 122 Å². The van der Waals surface area contributed by atoms with Crippen LogP contribution >= 0.6 is 0 Å². The molecule has 106 valence electrons. The van der Waals surface area contributed by atoms with Crippen molar-refractivity contribution in [2.24, 2.45) is 0 Å². The van der Waals surface area contributed by atoms with Gasteiger partial charge in [-0.25, -0.2) is 9.67 Å². The van der Waals surface area contributed by atoms with Gasteiger partial charge in [0.15, 0.2) is 12.1 Å². The van der Waals surface area contributed by atoms with Crippen LogP contribution in [0.4, 0.5) is 0 Å². The van der Waals surface area contributed by atoms with Gasteiger partial charge in [0.25, 0.3) is 0 Å². The Balaban J connectivity index is 2.32. The van der Waals surface area contributed by atoms with Crippen LogP contribution in [0.25, 0.3) is 11.5 Å². The van der Waals surface area contributed by atoms with E-state index in [0.29, 0.717) is 28.7 Å². The molecule has 0 saturated carbocycles. The Morgan fingerprint density at radius 1 is 1.00 bits per heavy atom. The second-order valence-electron chi connectivity index (χ2n) is 4.81. The maximum atomic E-state index is 11.5. The zero-order valence-electron chi connectivity index (χ0n) is 12.1. The van der Waals surface area contributed by atoms with Crippen LogP contribution in [-0.2, 0) is 0 Å². The van der Waals surface area contributed by atoms with Gasteiger partial charge in [-0.05, 0) is 32.9 Å². The van der Waals surface area contributed by atoms with Crippen LogP contribution in [0.2, 0.25) is 0 Å². The summed E-state index contributed by atoms with van der Waals surface area (Å²) >= 11 is 0. The first-order valence-corrected chi connectivity index (χ1v) is 6.62. The summed E-state index contributed by atoms with van der Waals surface area (Å²) in [6, 6.07) is 9.66. The zero-order valence-corrected chi connectivity index (χ0v) is 12.1. The van der Waals surface area contributed by atoms with Gasteiger partial charge >= 0.3 is 0 Å². The van der Waals surface area contributed by atoms with Gasteiger partial charge in [0.1, 0.15) is 11.6 Å². The number of carbonyl (C=O) groups is 1. The highest BCUT2D eigenvalue weighted by molar-refractivity contribution is 5.82. The van der Waals surface area contributed by atoms with Crippen molar-refractivity contribution in [3.63, 3.8) is 0 Å². The van der Waals surface area contributed by atoms with Crippen LogP contribution in [0, 0.1) is 20.8 Å². The number of carbonyl (C=O) groups excluding carboxylic acids is 1. The molecule has 6 heteroatoms. The van der Waals surface area contributed by atoms with E-state index in [2.05, 4.69) is 15.2 Å². The van der Waals surface area contributed by atoms with Gasteiger partial charge in [0, 0.05) is 0 Å². The molecule has 1 aromatic carbocycles. The average molecular weight is 281 g/mol. The monoisotopic (exact) mass is 281 g/mol. The van der Waals surface area contributed by atoms with Crippen molar-refractivity contribution in [3.8, 4) is 11.5 Å². The number of rotatable bonds is 3. The number of hydrogen-bond donors (Lipinski definition) is 0. The fourth-order valence-electron chi connectivity index (χ4n) is 2.34. The van der Waals surface area contributed by atoms with E-state index >= 15 is 0 Å². The molecule has 21 heavy (non-hydrogen) atoms. The summed E-state index contributed by atoms with van der Waals surface area (Å²) in [5, 5.41) is 8.85. The summed E-state index contributed by atoms with van der Waals surface area (Å²) in [5.41, 5.74) is 2.06. The first kappa shape index (κ1) is 13.2. The normalized spacial score (nSPS) is 10.8. The summed E-state index contributed by atoms with van der Waals surface area (Å²) < 4.78 is 3.38.